The van der Waals surface area contributed by atoms with Gasteiger partial charge in [-0.1, -0.05) is 39.0 Å². The van der Waals surface area contributed by atoms with Crippen LogP contribution in [-0.2, 0) is 9.53 Å². The summed E-state index contributed by atoms with van der Waals surface area (Å²) in [7, 11) is 1.56. The molecule has 0 bridgehead atoms. The molecule has 1 amide bonds. The van der Waals surface area contributed by atoms with Gasteiger partial charge in [0.15, 0.2) is 0 Å². The van der Waals surface area contributed by atoms with Crippen molar-refractivity contribution < 1.29 is 9.53 Å². The van der Waals surface area contributed by atoms with Gasteiger partial charge in [0.05, 0.1) is 0 Å². The average molecular weight is 229 g/mol. The Balaban J connectivity index is 3.42. The third-order valence-electron chi connectivity index (χ3n) is 2.87. The predicted molar refractivity (Wildman–Crippen MR) is 67.5 cm³/mol. The molecule has 0 aliphatic carbocycles. The van der Waals surface area contributed by atoms with Gasteiger partial charge in [-0.05, 0) is 20.3 Å². The first kappa shape index (κ1) is 15.4. The molecule has 0 heterocycles. The van der Waals surface area contributed by atoms with Gasteiger partial charge in [0.2, 0.25) is 0 Å². The largest absolute Gasteiger partial charge is 0.369 e. The van der Waals surface area contributed by atoms with Crippen LogP contribution in [0.2, 0.25) is 0 Å². The van der Waals surface area contributed by atoms with E-state index in [1.165, 1.54) is 32.1 Å². The third kappa shape index (κ3) is 6.83. The number of rotatable bonds is 9. The van der Waals surface area contributed by atoms with Gasteiger partial charge in [-0.25, -0.2) is 0 Å². The highest BCUT2D eigenvalue weighted by Gasteiger charge is 2.25. The van der Waals surface area contributed by atoms with Gasteiger partial charge in [0.25, 0.3) is 5.91 Å². The van der Waals surface area contributed by atoms with E-state index in [-0.39, 0.29) is 5.91 Å². The van der Waals surface area contributed by atoms with Crippen LogP contribution in [0.4, 0.5) is 0 Å². The number of methoxy groups -OCH3 is 1. The number of nitrogens with one attached hydrogen (secondary N) is 1. The Morgan fingerprint density at radius 1 is 1.12 bits per heavy atom. The maximum atomic E-state index is 11.6. The van der Waals surface area contributed by atoms with Crippen LogP contribution >= 0.6 is 0 Å². The summed E-state index contributed by atoms with van der Waals surface area (Å²) in [6, 6.07) is 0. The number of carbonyl (C=O) groups is 1. The summed E-state index contributed by atoms with van der Waals surface area (Å²) in [5.41, 5.74) is -0.706. The number of unbranched alkanes of at least 4 members (excludes halogenated alkanes) is 5. The van der Waals surface area contributed by atoms with Crippen molar-refractivity contribution >= 4 is 5.91 Å². The standard InChI is InChI=1S/C13H27NO2/c1-5-6-7-8-9-10-11-14-12(15)13(2,3)16-4/h5-11H2,1-4H3,(H,14,15). The minimum Gasteiger partial charge on any atom is -0.369 e. The predicted octanol–water partition coefficient (Wildman–Crippen LogP) is 2.89. The molecule has 0 spiro atoms. The van der Waals surface area contributed by atoms with Crippen molar-refractivity contribution in [2.24, 2.45) is 0 Å². The van der Waals surface area contributed by atoms with E-state index in [1.54, 1.807) is 21.0 Å². The molecule has 3 heteroatoms. The Morgan fingerprint density at radius 3 is 2.25 bits per heavy atom. The van der Waals surface area contributed by atoms with E-state index in [4.69, 9.17) is 4.74 Å². The van der Waals surface area contributed by atoms with Crippen molar-refractivity contribution in [3.05, 3.63) is 0 Å². The Morgan fingerprint density at radius 2 is 1.69 bits per heavy atom. The lowest BCUT2D eigenvalue weighted by Crippen LogP contribution is -2.43. The van der Waals surface area contributed by atoms with Crippen LogP contribution in [0.3, 0.4) is 0 Å². The Labute approximate surface area is 99.9 Å². The molecular formula is C13H27NO2. The van der Waals surface area contributed by atoms with Gasteiger partial charge in [0.1, 0.15) is 5.60 Å². The first-order valence-electron chi connectivity index (χ1n) is 6.38. The highest BCUT2D eigenvalue weighted by Crippen LogP contribution is 2.07. The van der Waals surface area contributed by atoms with Gasteiger partial charge >= 0.3 is 0 Å². The Bertz CT molecular complexity index is 190. The van der Waals surface area contributed by atoms with E-state index in [0.29, 0.717) is 0 Å². The van der Waals surface area contributed by atoms with E-state index >= 15 is 0 Å². The van der Waals surface area contributed by atoms with Crippen LogP contribution in [0.5, 0.6) is 0 Å². The van der Waals surface area contributed by atoms with Crippen molar-refractivity contribution in [2.45, 2.75) is 64.9 Å². The quantitative estimate of drug-likeness (QED) is 0.617. The number of carbonyl (C=O) groups excluding carboxylic acids is 1. The first-order chi connectivity index (χ1) is 7.54. The maximum Gasteiger partial charge on any atom is 0.251 e. The summed E-state index contributed by atoms with van der Waals surface area (Å²) in [4.78, 5) is 11.6. The zero-order chi connectivity index (χ0) is 12.4. The summed E-state index contributed by atoms with van der Waals surface area (Å²) in [5, 5.41) is 2.90. The monoisotopic (exact) mass is 229 g/mol. The van der Waals surface area contributed by atoms with E-state index in [0.717, 1.165) is 13.0 Å². The molecule has 1 N–H and O–H groups in total. The van der Waals surface area contributed by atoms with Gasteiger partial charge in [-0.3, -0.25) is 4.79 Å². The molecule has 0 aromatic rings. The van der Waals surface area contributed by atoms with Crippen LogP contribution in [0.25, 0.3) is 0 Å². The minimum atomic E-state index is -0.706. The number of hydrogen-bond donors (Lipinski definition) is 1. The smallest absolute Gasteiger partial charge is 0.251 e. The molecule has 16 heavy (non-hydrogen) atoms. The van der Waals surface area contributed by atoms with Crippen molar-refractivity contribution in [2.75, 3.05) is 13.7 Å². The minimum absolute atomic E-state index is 0.0245. The highest BCUT2D eigenvalue weighted by molar-refractivity contribution is 5.84. The molecule has 0 rings (SSSR count). The van der Waals surface area contributed by atoms with E-state index in [1.807, 2.05) is 0 Å². The topological polar surface area (TPSA) is 38.3 Å². The lowest BCUT2D eigenvalue weighted by Gasteiger charge is -2.21. The van der Waals surface area contributed by atoms with Crippen LogP contribution in [0.15, 0.2) is 0 Å². The molecule has 0 aliphatic rings. The zero-order valence-electron chi connectivity index (χ0n) is 11.3. The summed E-state index contributed by atoms with van der Waals surface area (Å²) in [6.45, 7) is 6.54. The number of ether oxygens (including phenoxy) is 1. The molecular weight excluding hydrogens is 202 g/mol. The van der Waals surface area contributed by atoms with Crippen molar-refractivity contribution in [3.63, 3.8) is 0 Å². The molecule has 0 radical (unpaired) electrons. The fourth-order valence-corrected chi connectivity index (χ4v) is 1.41. The highest BCUT2D eigenvalue weighted by atomic mass is 16.5. The summed E-state index contributed by atoms with van der Waals surface area (Å²) >= 11 is 0. The van der Waals surface area contributed by atoms with Gasteiger partial charge in [-0.2, -0.15) is 0 Å². The van der Waals surface area contributed by atoms with Crippen LogP contribution < -0.4 is 5.32 Å². The molecule has 0 aromatic heterocycles. The van der Waals surface area contributed by atoms with Gasteiger partial charge in [0, 0.05) is 13.7 Å². The second kappa shape index (κ2) is 8.57. The Hall–Kier alpha value is -0.570. The lowest BCUT2D eigenvalue weighted by molar-refractivity contribution is -0.139. The van der Waals surface area contributed by atoms with Gasteiger partial charge in [-0.15, -0.1) is 0 Å². The molecule has 0 aliphatic heterocycles. The summed E-state index contributed by atoms with van der Waals surface area (Å²) in [5.74, 6) is -0.0245. The normalized spacial score (nSPS) is 11.5. The second-order valence-electron chi connectivity index (χ2n) is 4.74. The van der Waals surface area contributed by atoms with E-state index in [2.05, 4.69) is 12.2 Å². The average Bonchev–Trinajstić information content (AvgIpc) is 2.27. The maximum absolute atomic E-state index is 11.6. The van der Waals surface area contributed by atoms with Crippen molar-refractivity contribution in [1.29, 1.82) is 0 Å². The van der Waals surface area contributed by atoms with Crippen molar-refractivity contribution in [3.8, 4) is 0 Å². The van der Waals surface area contributed by atoms with E-state index in [9.17, 15) is 4.79 Å². The fourth-order valence-electron chi connectivity index (χ4n) is 1.41. The zero-order valence-corrected chi connectivity index (χ0v) is 11.3. The van der Waals surface area contributed by atoms with Crippen LogP contribution in [-0.4, -0.2) is 25.2 Å². The molecule has 0 saturated heterocycles. The SMILES string of the molecule is CCCCCCCCNC(=O)C(C)(C)OC. The first-order valence-corrected chi connectivity index (χ1v) is 6.38. The molecule has 96 valence electrons. The second-order valence-corrected chi connectivity index (χ2v) is 4.74. The van der Waals surface area contributed by atoms with Crippen LogP contribution in [0.1, 0.15) is 59.3 Å². The number of amides is 1. The molecule has 3 nitrogen and oxygen atoms in total. The fraction of sp³-hybridized carbons (Fsp3) is 0.923. The van der Waals surface area contributed by atoms with Gasteiger partial charge < -0.3 is 10.1 Å². The Kier molecular flexibility index (Phi) is 8.26. The third-order valence-corrected chi connectivity index (χ3v) is 2.87. The summed E-state index contributed by atoms with van der Waals surface area (Å²) < 4.78 is 5.10. The van der Waals surface area contributed by atoms with E-state index < -0.39 is 5.60 Å². The molecule has 0 fully saturated rings. The van der Waals surface area contributed by atoms with Crippen molar-refractivity contribution in [1.82, 2.24) is 5.32 Å². The number of hydrogen-bond acceptors (Lipinski definition) is 2. The lowest BCUT2D eigenvalue weighted by atomic mass is 10.1. The van der Waals surface area contributed by atoms with Crippen LogP contribution in [0, 0.1) is 0 Å². The molecule has 0 atom stereocenters. The molecule has 0 unspecified atom stereocenters. The summed E-state index contributed by atoms with van der Waals surface area (Å²) in [6.07, 6.45) is 7.45. The molecule has 0 aromatic carbocycles. The molecule has 0 saturated carbocycles.